The highest BCUT2D eigenvalue weighted by atomic mass is 16.6. The third-order valence-corrected chi connectivity index (χ3v) is 3.49. The van der Waals surface area contributed by atoms with Crippen molar-refractivity contribution in [3.05, 3.63) is 12.7 Å². The van der Waals surface area contributed by atoms with Crippen LogP contribution in [0.15, 0.2) is 12.7 Å². The standard InChI is InChI=1S/C14H24O2/c1-6-8-14(9-7-2)10-11(13(3,4)5)16-12(14)15/h6,11H,1,7-10H2,2-5H3/t11-,14-/m1/s1. The Morgan fingerprint density at radius 3 is 2.56 bits per heavy atom. The normalized spacial score (nSPS) is 30.2. The van der Waals surface area contributed by atoms with Gasteiger partial charge >= 0.3 is 5.97 Å². The lowest BCUT2D eigenvalue weighted by Crippen LogP contribution is -2.27. The summed E-state index contributed by atoms with van der Waals surface area (Å²) in [6.07, 6.45) is 5.40. The van der Waals surface area contributed by atoms with E-state index in [2.05, 4.69) is 34.3 Å². The van der Waals surface area contributed by atoms with Crippen LogP contribution in [0.3, 0.4) is 0 Å². The largest absolute Gasteiger partial charge is 0.461 e. The highest BCUT2D eigenvalue weighted by Crippen LogP contribution is 2.46. The Morgan fingerprint density at radius 1 is 1.56 bits per heavy atom. The SMILES string of the molecule is C=CC[C@@]1(CCC)C[C@H](C(C)(C)C)OC1=O. The van der Waals surface area contributed by atoms with Crippen molar-refractivity contribution in [3.8, 4) is 0 Å². The molecule has 0 aliphatic carbocycles. The van der Waals surface area contributed by atoms with Crippen molar-refractivity contribution in [3.63, 3.8) is 0 Å². The number of rotatable bonds is 4. The molecule has 0 bridgehead atoms. The number of esters is 1. The van der Waals surface area contributed by atoms with Gasteiger partial charge in [-0.05, 0) is 18.3 Å². The van der Waals surface area contributed by atoms with Gasteiger partial charge in [0.2, 0.25) is 0 Å². The molecular formula is C14H24O2. The Bertz CT molecular complexity index is 275. The van der Waals surface area contributed by atoms with Gasteiger partial charge in [0.25, 0.3) is 0 Å². The summed E-state index contributed by atoms with van der Waals surface area (Å²) in [6, 6.07) is 0. The highest BCUT2D eigenvalue weighted by Gasteiger charge is 2.50. The fraction of sp³-hybridized carbons (Fsp3) is 0.786. The second-order valence-corrected chi connectivity index (χ2v) is 5.99. The van der Waals surface area contributed by atoms with Crippen LogP contribution in [0.2, 0.25) is 0 Å². The van der Waals surface area contributed by atoms with Crippen LogP contribution in [0, 0.1) is 10.8 Å². The molecule has 0 aromatic carbocycles. The second kappa shape index (κ2) is 4.60. The summed E-state index contributed by atoms with van der Waals surface area (Å²) in [4.78, 5) is 12.1. The van der Waals surface area contributed by atoms with Gasteiger partial charge in [-0.3, -0.25) is 4.79 Å². The van der Waals surface area contributed by atoms with Crippen LogP contribution >= 0.6 is 0 Å². The zero-order chi connectivity index (χ0) is 12.4. The van der Waals surface area contributed by atoms with Crippen molar-refractivity contribution in [2.24, 2.45) is 10.8 Å². The number of carbonyl (C=O) groups excluding carboxylic acids is 1. The number of ether oxygens (including phenoxy) is 1. The molecule has 92 valence electrons. The molecule has 2 nitrogen and oxygen atoms in total. The van der Waals surface area contributed by atoms with Crippen LogP contribution in [-0.4, -0.2) is 12.1 Å². The van der Waals surface area contributed by atoms with Crippen molar-refractivity contribution in [2.45, 2.75) is 59.5 Å². The summed E-state index contributed by atoms with van der Waals surface area (Å²) in [5, 5.41) is 0. The van der Waals surface area contributed by atoms with E-state index in [-0.39, 0.29) is 22.9 Å². The molecule has 0 amide bonds. The summed E-state index contributed by atoms with van der Waals surface area (Å²) in [7, 11) is 0. The minimum absolute atomic E-state index is 0.0193. The molecule has 0 unspecified atom stereocenters. The average Bonchev–Trinajstić information content (AvgIpc) is 2.45. The summed E-state index contributed by atoms with van der Waals surface area (Å²) in [5.41, 5.74) is -0.263. The van der Waals surface area contributed by atoms with E-state index in [1.165, 1.54) is 0 Å². The molecule has 1 aliphatic rings. The molecule has 2 heteroatoms. The third-order valence-electron chi connectivity index (χ3n) is 3.49. The topological polar surface area (TPSA) is 26.3 Å². The average molecular weight is 224 g/mol. The molecule has 1 rings (SSSR count). The van der Waals surface area contributed by atoms with Crippen LogP contribution in [0.4, 0.5) is 0 Å². The third kappa shape index (κ3) is 2.47. The number of hydrogen-bond acceptors (Lipinski definition) is 2. The molecule has 1 fully saturated rings. The maximum absolute atomic E-state index is 12.1. The van der Waals surface area contributed by atoms with Gasteiger partial charge in [-0.15, -0.1) is 6.58 Å². The van der Waals surface area contributed by atoms with Crippen LogP contribution < -0.4 is 0 Å². The van der Waals surface area contributed by atoms with Gasteiger partial charge in [-0.2, -0.15) is 0 Å². The maximum atomic E-state index is 12.1. The van der Waals surface area contributed by atoms with E-state index in [1.807, 2.05) is 6.08 Å². The van der Waals surface area contributed by atoms with Gasteiger partial charge in [0.15, 0.2) is 0 Å². The first-order valence-corrected chi connectivity index (χ1v) is 6.18. The zero-order valence-electron chi connectivity index (χ0n) is 11.0. The molecule has 0 saturated carbocycles. The first kappa shape index (κ1) is 13.3. The Labute approximate surface area is 99.1 Å². The number of carbonyl (C=O) groups is 1. The van der Waals surface area contributed by atoms with E-state index in [0.29, 0.717) is 0 Å². The fourth-order valence-corrected chi connectivity index (χ4v) is 2.44. The number of hydrogen-bond donors (Lipinski definition) is 0. The van der Waals surface area contributed by atoms with Gasteiger partial charge in [0.05, 0.1) is 5.41 Å². The van der Waals surface area contributed by atoms with Crippen molar-refractivity contribution in [1.82, 2.24) is 0 Å². The van der Waals surface area contributed by atoms with E-state index < -0.39 is 0 Å². The van der Waals surface area contributed by atoms with E-state index in [9.17, 15) is 4.79 Å². The molecule has 0 aromatic rings. The quantitative estimate of drug-likeness (QED) is 0.537. The summed E-state index contributed by atoms with van der Waals surface area (Å²) < 4.78 is 5.56. The van der Waals surface area contributed by atoms with Gasteiger partial charge in [-0.25, -0.2) is 0 Å². The minimum atomic E-state index is -0.297. The van der Waals surface area contributed by atoms with Crippen LogP contribution in [0.25, 0.3) is 0 Å². The zero-order valence-corrected chi connectivity index (χ0v) is 11.0. The molecule has 2 atom stereocenters. The molecule has 0 N–H and O–H groups in total. The Balaban J connectivity index is 2.87. The van der Waals surface area contributed by atoms with E-state index in [0.717, 1.165) is 25.7 Å². The molecule has 1 aliphatic heterocycles. The second-order valence-electron chi connectivity index (χ2n) is 5.99. The number of allylic oxidation sites excluding steroid dienone is 1. The van der Waals surface area contributed by atoms with Crippen LogP contribution in [-0.2, 0) is 9.53 Å². The molecule has 0 spiro atoms. The molecule has 1 saturated heterocycles. The molecule has 16 heavy (non-hydrogen) atoms. The van der Waals surface area contributed by atoms with Crippen molar-refractivity contribution < 1.29 is 9.53 Å². The van der Waals surface area contributed by atoms with Gasteiger partial charge in [0.1, 0.15) is 6.10 Å². The Hall–Kier alpha value is -0.790. The fourth-order valence-electron chi connectivity index (χ4n) is 2.44. The lowest BCUT2D eigenvalue weighted by Gasteiger charge is -2.27. The lowest BCUT2D eigenvalue weighted by molar-refractivity contribution is -0.151. The summed E-state index contributed by atoms with van der Waals surface area (Å²) in [5.74, 6) is -0.0193. The van der Waals surface area contributed by atoms with Crippen molar-refractivity contribution >= 4 is 5.97 Å². The van der Waals surface area contributed by atoms with Crippen LogP contribution in [0.1, 0.15) is 53.4 Å². The van der Waals surface area contributed by atoms with Gasteiger partial charge in [-0.1, -0.05) is 40.2 Å². The van der Waals surface area contributed by atoms with E-state index >= 15 is 0 Å². The Kier molecular flexibility index (Phi) is 3.82. The molecular weight excluding hydrogens is 200 g/mol. The summed E-state index contributed by atoms with van der Waals surface area (Å²) >= 11 is 0. The first-order chi connectivity index (χ1) is 7.35. The molecule has 0 aromatic heterocycles. The number of cyclic esters (lactones) is 1. The highest BCUT2D eigenvalue weighted by molar-refractivity contribution is 5.79. The smallest absolute Gasteiger partial charge is 0.312 e. The lowest BCUT2D eigenvalue weighted by atomic mass is 9.74. The predicted octanol–water partition coefficient (Wildman–Crippen LogP) is 3.71. The van der Waals surface area contributed by atoms with Crippen molar-refractivity contribution in [2.75, 3.05) is 0 Å². The maximum Gasteiger partial charge on any atom is 0.312 e. The predicted molar refractivity (Wildman–Crippen MR) is 66.1 cm³/mol. The van der Waals surface area contributed by atoms with Crippen LogP contribution in [0.5, 0.6) is 0 Å². The minimum Gasteiger partial charge on any atom is -0.461 e. The first-order valence-electron chi connectivity index (χ1n) is 6.18. The van der Waals surface area contributed by atoms with Gasteiger partial charge in [0, 0.05) is 6.42 Å². The monoisotopic (exact) mass is 224 g/mol. The summed E-state index contributed by atoms with van der Waals surface area (Å²) in [6.45, 7) is 12.3. The van der Waals surface area contributed by atoms with Crippen molar-refractivity contribution in [1.29, 1.82) is 0 Å². The van der Waals surface area contributed by atoms with E-state index in [4.69, 9.17) is 4.74 Å². The molecule has 0 radical (unpaired) electrons. The van der Waals surface area contributed by atoms with Gasteiger partial charge < -0.3 is 4.74 Å². The van der Waals surface area contributed by atoms with E-state index in [1.54, 1.807) is 0 Å². The Morgan fingerprint density at radius 2 is 2.19 bits per heavy atom. The molecule has 1 heterocycles.